The highest BCUT2D eigenvalue weighted by atomic mass is 16.5. The van der Waals surface area contributed by atoms with Crippen molar-refractivity contribution in [3.8, 4) is 5.88 Å². The Morgan fingerprint density at radius 1 is 1.27 bits per heavy atom. The molecule has 3 rings (SSSR count). The molecule has 1 fully saturated rings. The van der Waals surface area contributed by atoms with Gasteiger partial charge in [-0.2, -0.15) is 0 Å². The maximum absolute atomic E-state index is 12.2. The van der Waals surface area contributed by atoms with Gasteiger partial charge in [0.25, 0.3) is 0 Å². The molecule has 0 aromatic carbocycles. The fraction of sp³-hybridized carbons (Fsp3) is 0.556. The molecule has 2 aliphatic rings. The first-order chi connectivity index (χ1) is 10.8. The summed E-state index contributed by atoms with van der Waals surface area (Å²) in [5, 5.41) is 3.04. The molecule has 1 N–H and O–H groups in total. The Morgan fingerprint density at radius 3 is 2.91 bits per heavy atom. The van der Waals surface area contributed by atoms with Gasteiger partial charge in [-0.05, 0) is 51.0 Å². The van der Waals surface area contributed by atoms with E-state index in [9.17, 15) is 4.79 Å². The van der Waals surface area contributed by atoms with Crippen LogP contribution < -0.4 is 10.1 Å². The molecule has 1 atom stereocenters. The molecule has 0 saturated heterocycles. The van der Waals surface area contributed by atoms with Crippen LogP contribution >= 0.6 is 0 Å². The number of nitrogens with one attached hydrogen (secondary N) is 1. The van der Waals surface area contributed by atoms with E-state index in [0.717, 1.165) is 37.7 Å². The number of rotatable bonds is 5. The van der Waals surface area contributed by atoms with E-state index in [1.54, 1.807) is 6.20 Å². The quantitative estimate of drug-likeness (QED) is 0.848. The summed E-state index contributed by atoms with van der Waals surface area (Å²) in [6, 6.07) is 3.88. The van der Waals surface area contributed by atoms with Crippen molar-refractivity contribution in [2.24, 2.45) is 5.92 Å². The van der Waals surface area contributed by atoms with Gasteiger partial charge in [0.15, 0.2) is 0 Å². The Labute approximate surface area is 132 Å². The maximum Gasteiger partial charge on any atom is 0.223 e. The van der Waals surface area contributed by atoms with E-state index in [2.05, 4.69) is 22.5 Å². The Balaban J connectivity index is 1.57. The highest BCUT2D eigenvalue weighted by Gasteiger charge is 2.20. The van der Waals surface area contributed by atoms with Crippen molar-refractivity contribution in [2.75, 3.05) is 0 Å². The van der Waals surface area contributed by atoms with Crippen LogP contribution in [-0.4, -0.2) is 17.0 Å². The van der Waals surface area contributed by atoms with Gasteiger partial charge in [0, 0.05) is 24.2 Å². The predicted molar refractivity (Wildman–Crippen MR) is 85.4 cm³/mol. The molecule has 1 aromatic rings. The van der Waals surface area contributed by atoms with Crippen LogP contribution in [0.25, 0.3) is 0 Å². The highest BCUT2D eigenvalue weighted by Crippen LogP contribution is 2.25. The van der Waals surface area contributed by atoms with E-state index in [4.69, 9.17) is 4.74 Å². The van der Waals surface area contributed by atoms with Crippen LogP contribution in [0.2, 0.25) is 0 Å². The summed E-state index contributed by atoms with van der Waals surface area (Å²) in [6.45, 7) is 0.495. The highest BCUT2D eigenvalue weighted by molar-refractivity contribution is 5.79. The summed E-state index contributed by atoms with van der Waals surface area (Å²) in [5.41, 5.74) is 0.967. The lowest BCUT2D eigenvalue weighted by Crippen LogP contribution is -2.31. The first-order valence-corrected chi connectivity index (χ1v) is 8.36. The van der Waals surface area contributed by atoms with Gasteiger partial charge < -0.3 is 10.1 Å². The number of hydrogen-bond acceptors (Lipinski definition) is 3. The maximum atomic E-state index is 12.2. The van der Waals surface area contributed by atoms with E-state index in [0.29, 0.717) is 12.4 Å². The Hall–Kier alpha value is -1.84. The van der Waals surface area contributed by atoms with Gasteiger partial charge in [-0.1, -0.05) is 18.2 Å². The summed E-state index contributed by atoms with van der Waals surface area (Å²) in [7, 11) is 0. The molecule has 0 aliphatic heterocycles. The number of ether oxygens (including phenoxy) is 1. The molecule has 1 heterocycles. The van der Waals surface area contributed by atoms with Crippen LogP contribution in [0.1, 0.15) is 50.5 Å². The second-order valence-corrected chi connectivity index (χ2v) is 6.19. The van der Waals surface area contributed by atoms with Crippen LogP contribution in [0.5, 0.6) is 5.88 Å². The molecule has 1 amide bonds. The lowest BCUT2D eigenvalue weighted by Gasteiger charge is -2.18. The summed E-state index contributed by atoms with van der Waals surface area (Å²) >= 11 is 0. The van der Waals surface area contributed by atoms with E-state index in [1.165, 1.54) is 12.8 Å². The molecule has 1 saturated carbocycles. The average Bonchev–Trinajstić information content (AvgIpc) is 3.07. The Kier molecular flexibility index (Phi) is 5.09. The molecule has 0 spiro atoms. The summed E-state index contributed by atoms with van der Waals surface area (Å²) < 4.78 is 6.01. The minimum Gasteiger partial charge on any atom is -0.474 e. The number of carbonyl (C=O) groups is 1. The van der Waals surface area contributed by atoms with Gasteiger partial charge in [0.1, 0.15) is 6.10 Å². The minimum absolute atomic E-state index is 0.112. The summed E-state index contributed by atoms with van der Waals surface area (Å²) in [6.07, 6.45) is 13.8. The zero-order valence-corrected chi connectivity index (χ0v) is 13.0. The van der Waals surface area contributed by atoms with Crippen LogP contribution in [0.3, 0.4) is 0 Å². The van der Waals surface area contributed by atoms with Gasteiger partial charge in [0.05, 0.1) is 0 Å². The van der Waals surface area contributed by atoms with Crippen LogP contribution in [0.4, 0.5) is 0 Å². The van der Waals surface area contributed by atoms with Gasteiger partial charge in [-0.3, -0.25) is 4.79 Å². The predicted octanol–water partition coefficient (Wildman–Crippen LogP) is 3.38. The van der Waals surface area contributed by atoms with Crippen molar-refractivity contribution in [3.05, 3.63) is 36.0 Å². The lowest BCUT2D eigenvalue weighted by atomic mass is 9.93. The molecule has 4 heteroatoms. The Morgan fingerprint density at radius 2 is 2.14 bits per heavy atom. The number of amides is 1. The zero-order valence-electron chi connectivity index (χ0n) is 13.0. The van der Waals surface area contributed by atoms with Gasteiger partial charge in [-0.15, -0.1) is 0 Å². The minimum atomic E-state index is 0.112. The monoisotopic (exact) mass is 300 g/mol. The number of hydrogen-bond donors (Lipinski definition) is 1. The molecular formula is C18H24N2O2. The third kappa shape index (κ3) is 3.87. The number of aromatic nitrogens is 1. The zero-order chi connectivity index (χ0) is 15.2. The molecule has 2 aliphatic carbocycles. The standard InChI is InChI=1S/C18H24N2O2/c21-17(14-7-2-1-3-8-14)20-13-15-9-6-12-19-18(15)22-16-10-4-5-11-16/h1-2,6,9,12,14,16H,3-5,7-8,10-11,13H2,(H,20,21). The number of nitrogens with zero attached hydrogens (tertiary/aromatic N) is 1. The summed E-state index contributed by atoms with van der Waals surface area (Å²) in [4.78, 5) is 16.6. The van der Waals surface area contributed by atoms with E-state index in [1.807, 2.05) is 12.1 Å². The molecular weight excluding hydrogens is 276 g/mol. The summed E-state index contributed by atoms with van der Waals surface area (Å²) in [5.74, 6) is 0.930. The number of pyridine rings is 1. The molecule has 0 bridgehead atoms. The van der Waals surface area contributed by atoms with Crippen LogP contribution in [0, 0.1) is 5.92 Å². The second kappa shape index (κ2) is 7.43. The molecule has 0 radical (unpaired) electrons. The molecule has 118 valence electrons. The van der Waals surface area contributed by atoms with Gasteiger partial charge in [-0.25, -0.2) is 4.98 Å². The van der Waals surface area contributed by atoms with Crippen LogP contribution in [0.15, 0.2) is 30.5 Å². The van der Waals surface area contributed by atoms with Crippen LogP contribution in [-0.2, 0) is 11.3 Å². The molecule has 22 heavy (non-hydrogen) atoms. The van der Waals surface area contributed by atoms with Crippen molar-refractivity contribution in [3.63, 3.8) is 0 Å². The SMILES string of the molecule is O=C(NCc1cccnc1OC1CCCC1)C1CC=CCC1. The topological polar surface area (TPSA) is 51.2 Å². The van der Waals surface area contributed by atoms with E-state index >= 15 is 0 Å². The molecule has 1 aromatic heterocycles. The first-order valence-electron chi connectivity index (χ1n) is 8.36. The van der Waals surface area contributed by atoms with Crippen molar-refractivity contribution in [1.82, 2.24) is 10.3 Å². The lowest BCUT2D eigenvalue weighted by molar-refractivity contribution is -0.125. The van der Waals surface area contributed by atoms with Crippen molar-refractivity contribution >= 4 is 5.91 Å². The third-order valence-corrected chi connectivity index (χ3v) is 4.52. The largest absolute Gasteiger partial charge is 0.474 e. The first kappa shape index (κ1) is 15.1. The normalized spacial score (nSPS) is 21.7. The fourth-order valence-electron chi connectivity index (χ4n) is 3.19. The van der Waals surface area contributed by atoms with E-state index < -0.39 is 0 Å². The van der Waals surface area contributed by atoms with Crippen molar-refractivity contribution in [2.45, 2.75) is 57.6 Å². The number of allylic oxidation sites excluding steroid dienone is 2. The smallest absolute Gasteiger partial charge is 0.223 e. The van der Waals surface area contributed by atoms with Crippen molar-refractivity contribution in [1.29, 1.82) is 0 Å². The van der Waals surface area contributed by atoms with E-state index in [-0.39, 0.29) is 17.9 Å². The fourth-order valence-corrected chi connectivity index (χ4v) is 3.19. The molecule has 4 nitrogen and oxygen atoms in total. The van der Waals surface area contributed by atoms with Gasteiger partial charge >= 0.3 is 0 Å². The Bertz CT molecular complexity index is 536. The number of carbonyl (C=O) groups excluding carboxylic acids is 1. The molecule has 1 unspecified atom stereocenters. The average molecular weight is 300 g/mol. The van der Waals surface area contributed by atoms with Gasteiger partial charge in [0.2, 0.25) is 11.8 Å². The third-order valence-electron chi connectivity index (χ3n) is 4.52. The van der Waals surface area contributed by atoms with Crippen molar-refractivity contribution < 1.29 is 9.53 Å². The second-order valence-electron chi connectivity index (χ2n) is 6.19.